The van der Waals surface area contributed by atoms with E-state index in [1.54, 1.807) is 18.2 Å². The average Bonchev–Trinajstić information content (AvgIpc) is 3.35. The highest BCUT2D eigenvalue weighted by molar-refractivity contribution is 6.52. The summed E-state index contributed by atoms with van der Waals surface area (Å²) in [4.78, 5) is 12.5. The molecule has 1 fully saturated rings. The first kappa shape index (κ1) is 24.0. The fraction of sp³-hybridized carbons (Fsp3) is 0.174. The molecule has 0 aliphatic heterocycles. The molecule has 3 N–H and O–H groups in total. The van der Waals surface area contributed by atoms with Crippen LogP contribution in [0.2, 0.25) is 10.0 Å². The van der Waals surface area contributed by atoms with E-state index in [1.807, 2.05) is 0 Å². The first-order valence-electron chi connectivity index (χ1n) is 9.72. The molecule has 0 aromatic heterocycles. The Morgan fingerprint density at radius 3 is 2.27 bits per heavy atom. The quantitative estimate of drug-likeness (QED) is 0.241. The van der Waals surface area contributed by atoms with E-state index in [-0.39, 0.29) is 11.3 Å². The SMILES string of the molecule is O=C(Nc1ccc(F)cc1)c1cc(NC(O)C2C(c3ccc(Cl)c(Cl)c3)C2(Cl)Cl)ccc1F. The van der Waals surface area contributed by atoms with Gasteiger partial charge in [0.2, 0.25) is 0 Å². The molecule has 3 atom stereocenters. The third-order valence-electron chi connectivity index (χ3n) is 5.38. The lowest BCUT2D eigenvalue weighted by Crippen LogP contribution is -2.24. The number of aliphatic hydroxyl groups is 1. The second kappa shape index (κ2) is 9.28. The monoisotopic (exact) mass is 530 g/mol. The number of hydrogen-bond acceptors (Lipinski definition) is 3. The Balaban J connectivity index is 1.49. The highest BCUT2D eigenvalue weighted by atomic mass is 35.5. The normalized spacial score (nSPS) is 19.6. The molecule has 0 spiro atoms. The van der Waals surface area contributed by atoms with Crippen LogP contribution in [0, 0.1) is 17.6 Å². The zero-order valence-electron chi connectivity index (χ0n) is 16.6. The number of anilines is 2. The summed E-state index contributed by atoms with van der Waals surface area (Å²) in [6, 6.07) is 13.7. The Morgan fingerprint density at radius 2 is 1.61 bits per heavy atom. The summed E-state index contributed by atoms with van der Waals surface area (Å²) in [5.41, 5.74) is 1.02. The second-order valence-corrected chi connectivity index (χ2v) is 9.86. The summed E-state index contributed by atoms with van der Waals surface area (Å²) in [7, 11) is 0. The standard InChI is InChI=1S/C23H16Cl4F2N2O2/c24-16-7-1-11(9-17(16)25)19-20(23(19,26)27)22(33)31-14-6-8-18(29)15(10-14)21(32)30-13-4-2-12(28)3-5-13/h1-10,19-20,22,31,33H,(H,30,32). The highest BCUT2D eigenvalue weighted by Gasteiger charge is 2.67. The van der Waals surface area contributed by atoms with Gasteiger partial charge in [0.05, 0.1) is 15.6 Å². The van der Waals surface area contributed by atoms with Gasteiger partial charge in [-0.15, -0.1) is 23.2 Å². The molecule has 4 rings (SSSR count). The lowest BCUT2D eigenvalue weighted by molar-refractivity contribution is 0.102. The number of alkyl halides is 2. The summed E-state index contributed by atoms with van der Waals surface area (Å²) in [5, 5.41) is 16.7. The Morgan fingerprint density at radius 1 is 0.939 bits per heavy atom. The number of halogens is 6. The van der Waals surface area contributed by atoms with Gasteiger partial charge in [-0.05, 0) is 60.2 Å². The van der Waals surface area contributed by atoms with Crippen LogP contribution in [-0.4, -0.2) is 21.6 Å². The van der Waals surface area contributed by atoms with E-state index in [4.69, 9.17) is 46.4 Å². The van der Waals surface area contributed by atoms with E-state index >= 15 is 0 Å². The summed E-state index contributed by atoms with van der Waals surface area (Å²) < 4.78 is 26.1. The van der Waals surface area contributed by atoms with Gasteiger partial charge in [0.15, 0.2) is 0 Å². The first-order valence-corrected chi connectivity index (χ1v) is 11.2. The summed E-state index contributed by atoms with van der Waals surface area (Å²) in [6.07, 6.45) is -1.21. The van der Waals surface area contributed by atoms with Crippen LogP contribution in [0.5, 0.6) is 0 Å². The molecule has 10 heteroatoms. The Hall–Kier alpha value is -2.09. The maximum atomic E-state index is 14.3. The lowest BCUT2D eigenvalue weighted by atomic mass is 10.1. The lowest BCUT2D eigenvalue weighted by Gasteiger charge is -2.16. The van der Waals surface area contributed by atoms with Gasteiger partial charge in [0.1, 0.15) is 22.2 Å². The molecule has 1 amide bonds. The third-order valence-corrected chi connectivity index (χ3v) is 7.09. The van der Waals surface area contributed by atoms with Crippen molar-refractivity contribution < 1.29 is 18.7 Å². The number of aliphatic hydroxyl groups excluding tert-OH is 1. The fourth-order valence-electron chi connectivity index (χ4n) is 3.66. The number of amides is 1. The predicted molar refractivity (Wildman–Crippen MR) is 128 cm³/mol. The number of rotatable bonds is 6. The van der Waals surface area contributed by atoms with E-state index in [2.05, 4.69) is 10.6 Å². The van der Waals surface area contributed by atoms with Crippen LogP contribution in [0.25, 0.3) is 0 Å². The van der Waals surface area contributed by atoms with Gasteiger partial charge in [-0.2, -0.15) is 0 Å². The van der Waals surface area contributed by atoms with Crippen LogP contribution in [0.3, 0.4) is 0 Å². The maximum absolute atomic E-state index is 14.3. The van der Waals surface area contributed by atoms with Gasteiger partial charge >= 0.3 is 0 Å². The predicted octanol–water partition coefficient (Wildman–Crippen LogP) is 6.84. The molecule has 0 radical (unpaired) electrons. The molecule has 1 aliphatic carbocycles. The fourth-order valence-corrected chi connectivity index (χ4v) is 4.85. The van der Waals surface area contributed by atoms with E-state index in [9.17, 15) is 18.7 Å². The van der Waals surface area contributed by atoms with Gasteiger partial charge in [-0.3, -0.25) is 4.79 Å². The van der Waals surface area contributed by atoms with Crippen molar-refractivity contribution in [3.63, 3.8) is 0 Å². The van der Waals surface area contributed by atoms with E-state index in [0.717, 1.165) is 6.07 Å². The van der Waals surface area contributed by atoms with Gasteiger partial charge in [-0.1, -0.05) is 29.3 Å². The molecule has 1 saturated carbocycles. The Labute approximate surface area is 208 Å². The summed E-state index contributed by atoms with van der Waals surface area (Å²) in [5.74, 6) is -3.01. The molecule has 33 heavy (non-hydrogen) atoms. The highest BCUT2D eigenvalue weighted by Crippen LogP contribution is 2.66. The Bertz CT molecular complexity index is 1210. The number of carbonyl (C=O) groups is 1. The topological polar surface area (TPSA) is 61.4 Å². The zero-order chi connectivity index (χ0) is 23.9. The van der Waals surface area contributed by atoms with Crippen LogP contribution in [-0.2, 0) is 0 Å². The molecule has 3 aromatic rings. The van der Waals surface area contributed by atoms with E-state index in [0.29, 0.717) is 21.3 Å². The van der Waals surface area contributed by atoms with Crippen molar-refractivity contribution in [3.05, 3.63) is 93.5 Å². The van der Waals surface area contributed by atoms with Crippen molar-refractivity contribution >= 4 is 63.7 Å². The van der Waals surface area contributed by atoms with Crippen molar-refractivity contribution in [2.24, 2.45) is 5.92 Å². The van der Waals surface area contributed by atoms with E-state index < -0.39 is 39.9 Å². The number of carbonyl (C=O) groups excluding carboxylic acids is 1. The Kier molecular flexibility index (Phi) is 6.76. The van der Waals surface area contributed by atoms with Crippen LogP contribution in [0.4, 0.5) is 20.2 Å². The molecular formula is C23H16Cl4F2N2O2. The van der Waals surface area contributed by atoms with Crippen molar-refractivity contribution in [2.75, 3.05) is 10.6 Å². The van der Waals surface area contributed by atoms with Crippen molar-refractivity contribution in [1.29, 1.82) is 0 Å². The van der Waals surface area contributed by atoms with Crippen molar-refractivity contribution in [2.45, 2.75) is 16.5 Å². The minimum Gasteiger partial charge on any atom is -0.373 e. The van der Waals surface area contributed by atoms with Crippen LogP contribution in [0.15, 0.2) is 60.7 Å². The molecule has 0 saturated heterocycles. The first-order chi connectivity index (χ1) is 15.6. The molecule has 0 bridgehead atoms. The average molecular weight is 532 g/mol. The summed E-state index contributed by atoms with van der Waals surface area (Å²) in [6.45, 7) is 0. The second-order valence-electron chi connectivity index (χ2n) is 7.60. The van der Waals surface area contributed by atoms with Gasteiger partial charge in [0.25, 0.3) is 5.91 Å². The van der Waals surface area contributed by atoms with E-state index in [1.165, 1.54) is 36.4 Å². The van der Waals surface area contributed by atoms with Gasteiger partial charge < -0.3 is 15.7 Å². The number of nitrogens with one attached hydrogen (secondary N) is 2. The maximum Gasteiger partial charge on any atom is 0.258 e. The molecule has 3 unspecified atom stereocenters. The summed E-state index contributed by atoms with van der Waals surface area (Å²) >= 11 is 24.8. The molecule has 172 valence electrons. The van der Waals surface area contributed by atoms with Gasteiger partial charge in [-0.25, -0.2) is 8.78 Å². The van der Waals surface area contributed by atoms with Crippen LogP contribution in [0.1, 0.15) is 21.8 Å². The minimum absolute atomic E-state index is 0.267. The minimum atomic E-state index is -1.27. The largest absolute Gasteiger partial charge is 0.373 e. The molecule has 1 aliphatic rings. The third kappa shape index (κ3) is 5.05. The van der Waals surface area contributed by atoms with Crippen LogP contribution >= 0.6 is 46.4 Å². The zero-order valence-corrected chi connectivity index (χ0v) is 19.7. The molecule has 0 heterocycles. The molecule has 4 nitrogen and oxygen atoms in total. The van der Waals surface area contributed by atoms with Crippen molar-refractivity contribution in [1.82, 2.24) is 0 Å². The smallest absolute Gasteiger partial charge is 0.258 e. The number of benzene rings is 3. The van der Waals surface area contributed by atoms with Crippen LogP contribution < -0.4 is 10.6 Å². The number of hydrogen-bond donors (Lipinski definition) is 3. The molecular weight excluding hydrogens is 516 g/mol. The van der Waals surface area contributed by atoms with Crippen molar-refractivity contribution in [3.8, 4) is 0 Å². The van der Waals surface area contributed by atoms with Gasteiger partial charge in [0, 0.05) is 23.2 Å². The molecule has 3 aromatic carbocycles.